The summed E-state index contributed by atoms with van der Waals surface area (Å²) >= 11 is 0. The molecule has 0 amide bonds. The normalized spacial score (nSPS) is 12.7. The van der Waals surface area contributed by atoms with Crippen LogP contribution in [0, 0.1) is 0 Å². The molecule has 13 N–H and O–H groups in total. The summed E-state index contributed by atoms with van der Waals surface area (Å²) < 4.78 is 0. The van der Waals surface area contributed by atoms with Crippen LogP contribution in [-0.4, -0.2) is 36.9 Å². The van der Waals surface area contributed by atoms with Crippen LogP contribution in [0.15, 0.2) is 74.0 Å². The molecule has 0 aliphatic carbocycles. The number of guanidine groups is 3. The first-order chi connectivity index (χ1) is 18.3. The molecule has 0 bridgehead atoms. The standard InChI is InChI=1S/C26H40N12/c1-2-18(22-9-5-3-7-19(22)11-14-33-36-24(27)28)17-21(13-16-35-38-26(31)32)23-10-6-4-8-20(23)12-15-34-37-25(29)30/h3-10,14-15,18,21,35H,2,11-13,16-17H2,1H3,(H4,27,28,36)(H4,29,30,37)(H4,31,32,38). The quantitative estimate of drug-likeness (QED) is 0.0782. The van der Waals surface area contributed by atoms with Crippen molar-refractivity contribution in [1.82, 2.24) is 5.43 Å². The number of hydrazone groups is 1. The molecule has 0 spiro atoms. The Labute approximate surface area is 224 Å². The van der Waals surface area contributed by atoms with Crippen LogP contribution in [0.25, 0.3) is 0 Å². The molecular weight excluding hydrogens is 480 g/mol. The molecule has 0 heterocycles. The predicted octanol–water partition coefficient (Wildman–Crippen LogP) is 1.13. The predicted molar refractivity (Wildman–Crippen MR) is 158 cm³/mol. The highest BCUT2D eigenvalue weighted by atomic mass is 15.3. The molecule has 204 valence electrons. The van der Waals surface area contributed by atoms with Crippen molar-refractivity contribution in [3.8, 4) is 0 Å². The highest BCUT2D eigenvalue weighted by molar-refractivity contribution is 5.77. The fraction of sp³-hybridized carbons (Fsp3) is 0.346. The zero-order chi connectivity index (χ0) is 27.8. The second-order valence-corrected chi connectivity index (χ2v) is 8.72. The SMILES string of the molecule is CCC(CC(CCNN=C(N)N)c1ccccc1CC=NN=C(N)N)c1ccccc1CC=NN=C(N)N. The van der Waals surface area contributed by atoms with Gasteiger partial charge in [0.1, 0.15) is 0 Å². The minimum absolute atomic E-state index is 0.000598. The van der Waals surface area contributed by atoms with E-state index in [0.29, 0.717) is 25.3 Å². The van der Waals surface area contributed by atoms with E-state index in [9.17, 15) is 0 Å². The van der Waals surface area contributed by atoms with Crippen LogP contribution in [0.5, 0.6) is 0 Å². The Bertz CT molecular complexity index is 1140. The first kappa shape index (κ1) is 29.6. The molecule has 0 radical (unpaired) electrons. The van der Waals surface area contributed by atoms with Crippen LogP contribution in [0.3, 0.4) is 0 Å². The van der Waals surface area contributed by atoms with E-state index in [-0.39, 0.29) is 23.8 Å². The molecule has 2 unspecified atom stereocenters. The number of nitrogens with one attached hydrogen (secondary N) is 1. The van der Waals surface area contributed by atoms with Gasteiger partial charge in [0, 0.05) is 31.8 Å². The summed E-state index contributed by atoms with van der Waals surface area (Å²) in [5.74, 6) is 0.378. The molecule has 0 fully saturated rings. The monoisotopic (exact) mass is 520 g/mol. The summed E-state index contributed by atoms with van der Waals surface area (Å²) in [5, 5.41) is 19.3. The Hall–Kier alpha value is -4.61. The van der Waals surface area contributed by atoms with Gasteiger partial charge in [-0.2, -0.15) is 10.2 Å². The number of hydrogen-bond donors (Lipinski definition) is 7. The summed E-state index contributed by atoms with van der Waals surface area (Å²) in [6, 6.07) is 16.7. The van der Waals surface area contributed by atoms with Crippen molar-refractivity contribution in [3.63, 3.8) is 0 Å². The lowest BCUT2D eigenvalue weighted by Crippen LogP contribution is -2.27. The van der Waals surface area contributed by atoms with Crippen LogP contribution >= 0.6 is 0 Å². The number of nitrogens with zero attached hydrogens (tertiary/aromatic N) is 5. The first-order valence-corrected chi connectivity index (χ1v) is 12.5. The van der Waals surface area contributed by atoms with Gasteiger partial charge in [-0.15, -0.1) is 15.3 Å². The number of hydrogen-bond acceptors (Lipinski definition) is 6. The van der Waals surface area contributed by atoms with E-state index < -0.39 is 0 Å². The lowest BCUT2D eigenvalue weighted by atomic mass is 9.79. The number of rotatable bonds is 15. The van der Waals surface area contributed by atoms with Gasteiger partial charge < -0.3 is 39.8 Å². The lowest BCUT2D eigenvalue weighted by molar-refractivity contribution is 0.479. The fourth-order valence-corrected chi connectivity index (χ4v) is 4.37. The minimum Gasteiger partial charge on any atom is -0.369 e. The Morgan fingerprint density at radius 3 is 1.71 bits per heavy atom. The van der Waals surface area contributed by atoms with Crippen LogP contribution < -0.4 is 39.8 Å². The van der Waals surface area contributed by atoms with Gasteiger partial charge in [-0.05, 0) is 53.4 Å². The summed E-state index contributed by atoms with van der Waals surface area (Å²) in [7, 11) is 0. The third kappa shape index (κ3) is 10.6. The topological polar surface area (TPSA) is 230 Å². The van der Waals surface area contributed by atoms with Gasteiger partial charge >= 0.3 is 0 Å². The van der Waals surface area contributed by atoms with Crippen molar-refractivity contribution < 1.29 is 0 Å². The van der Waals surface area contributed by atoms with Crippen molar-refractivity contribution in [2.45, 2.75) is 50.9 Å². The average molecular weight is 521 g/mol. The Kier molecular flexibility index (Phi) is 12.6. The highest BCUT2D eigenvalue weighted by Crippen LogP contribution is 2.37. The summed E-state index contributed by atoms with van der Waals surface area (Å²) in [6.45, 7) is 2.82. The largest absolute Gasteiger partial charge is 0.369 e. The van der Waals surface area contributed by atoms with Crippen molar-refractivity contribution in [3.05, 3.63) is 70.8 Å². The molecule has 0 saturated carbocycles. The molecule has 2 aromatic rings. The van der Waals surface area contributed by atoms with Gasteiger partial charge in [0.25, 0.3) is 0 Å². The molecule has 0 aromatic heterocycles. The van der Waals surface area contributed by atoms with Gasteiger partial charge in [-0.3, -0.25) is 0 Å². The van der Waals surface area contributed by atoms with Crippen molar-refractivity contribution >= 4 is 30.3 Å². The van der Waals surface area contributed by atoms with E-state index in [1.54, 1.807) is 12.4 Å². The molecule has 0 aliphatic rings. The van der Waals surface area contributed by atoms with Crippen LogP contribution in [0.4, 0.5) is 0 Å². The molecule has 12 nitrogen and oxygen atoms in total. The van der Waals surface area contributed by atoms with Gasteiger partial charge in [-0.25, -0.2) is 0 Å². The summed E-state index contributed by atoms with van der Waals surface area (Å²) in [5.41, 5.74) is 40.3. The molecule has 0 aliphatic heterocycles. The third-order valence-electron chi connectivity index (χ3n) is 6.00. The van der Waals surface area contributed by atoms with Crippen LogP contribution in [-0.2, 0) is 12.8 Å². The Balaban J connectivity index is 2.35. The van der Waals surface area contributed by atoms with Gasteiger partial charge in [0.05, 0.1) is 0 Å². The number of benzene rings is 2. The number of nitrogens with two attached hydrogens (primary N) is 6. The van der Waals surface area contributed by atoms with E-state index >= 15 is 0 Å². The summed E-state index contributed by atoms with van der Waals surface area (Å²) in [4.78, 5) is 0. The Morgan fingerprint density at radius 1 is 0.737 bits per heavy atom. The Morgan fingerprint density at radius 2 is 1.24 bits per heavy atom. The van der Waals surface area contributed by atoms with E-state index in [4.69, 9.17) is 34.4 Å². The molecule has 38 heavy (non-hydrogen) atoms. The molecule has 2 rings (SSSR count). The van der Waals surface area contributed by atoms with Crippen LogP contribution in [0.2, 0.25) is 0 Å². The van der Waals surface area contributed by atoms with E-state index in [2.05, 4.69) is 74.3 Å². The van der Waals surface area contributed by atoms with Gasteiger partial charge in [0.15, 0.2) is 0 Å². The fourth-order valence-electron chi connectivity index (χ4n) is 4.37. The maximum Gasteiger partial charge on any atom is 0.211 e. The summed E-state index contributed by atoms with van der Waals surface area (Å²) in [6.07, 6.45) is 7.35. The zero-order valence-corrected chi connectivity index (χ0v) is 21.9. The minimum atomic E-state index is -0.0778. The van der Waals surface area contributed by atoms with E-state index in [0.717, 1.165) is 24.8 Å². The molecular formula is C26H40N12. The first-order valence-electron chi connectivity index (χ1n) is 12.5. The smallest absolute Gasteiger partial charge is 0.211 e. The van der Waals surface area contributed by atoms with Crippen molar-refractivity contribution in [2.24, 2.45) is 59.9 Å². The maximum atomic E-state index is 5.48. The second kappa shape index (κ2) is 16.2. The molecule has 2 aromatic carbocycles. The van der Waals surface area contributed by atoms with Crippen molar-refractivity contribution in [1.29, 1.82) is 0 Å². The third-order valence-corrected chi connectivity index (χ3v) is 6.00. The van der Waals surface area contributed by atoms with Crippen LogP contribution in [0.1, 0.15) is 60.3 Å². The average Bonchev–Trinajstić information content (AvgIpc) is 2.89. The molecule has 2 atom stereocenters. The second-order valence-electron chi connectivity index (χ2n) is 8.72. The zero-order valence-electron chi connectivity index (χ0n) is 21.9. The van der Waals surface area contributed by atoms with Crippen molar-refractivity contribution in [2.75, 3.05) is 6.54 Å². The van der Waals surface area contributed by atoms with E-state index in [1.807, 2.05) is 12.1 Å². The lowest BCUT2D eigenvalue weighted by Gasteiger charge is -2.26. The van der Waals surface area contributed by atoms with Gasteiger partial charge in [0.2, 0.25) is 17.9 Å². The molecule has 0 saturated heterocycles. The highest BCUT2D eigenvalue weighted by Gasteiger charge is 2.22. The van der Waals surface area contributed by atoms with E-state index in [1.165, 1.54) is 16.7 Å². The van der Waals surface area contributed by atoms with Gasteiger partial charge in [-0.1, -0.05) is 55.5 Å². The maximum absolute atomic E-state index is 5.48. The molecule has 12 heteroatoms.